The fourth-order valence-electron chi connectivity index (χ4n) is 8.00. The van der Waals surface area contributed by atoms with E-state index in [2.05, 4.69) is 122 Å². The summed E-state index contributed by atoms with van der Waals surface area (Å²) in [5.74, 6) is 0.404. The lowest BCUT2D eigenvalue weighted by Gasteiger charge is -2.34. The standard InChI is InChI=1S/C50H37NO6S/c1-3-47(52)56-25-23-54-39-20-16-35-27-38(19-15-36(35)28-39)50(37-17-13-32(14-18-37)49-51-45-11-7-8-12-46(45)58-49)43-22-21-40(55-24-26-57-48(53)4-2)31-42(43)41-29-33-9-5-6-10-34(33)30-44(41)50/h3-22,27-31H,1-2,23-26H2. The molecular formula is C50H37NO6S. The highest BCUT2D eigenvalue weighted by Gasteiger charge is 2.46. The number of thiazole rings is 1. The van der Waals surface area contributed by atoms with Crippen LogP contribution in [0.1, 0.15) is 22.3 Å². The van der Waals surface area contributed by atoms with Crippen LogP contribution in [-0.4, -0.2) is 43.4 Å². The summed E-state index contributed by atoms with van der Waals surface area (Å²) in [4.78, 5) is 28.1. The van der Waals surface area contributed by atoms with Gasteiger partial charge in [-0.05, 0) is 110 Å². The Morgan fingerprint density at radius 1 is 0.569 bits per heavy atom. The molecule has 0 N–H and O–H groups in total. The number of aromatic nitrogens is 1. The van der Waals surface area contributed by atoms with Crippen molar-refractivity contribution in [2.45, 2.75) is 5.41 Å². The average Bonchev–Trinajstić information content (AvgIpc) is 3.83. The highest BCUT2D eigenvalue weighted by molar-refractivity contribution is 7.21. The Bertz CT molecular complexity index is 2860. The summed E-state index contributed by atoms with van der Waals surface area (Å²) in [5.41, 5.74) is 8.05. The Kier molecular flexibility index (Phi) is 9.77. The molecule has 1 aliphatic carbocycles. The molecule has 7 aromatic carbocycles. The number of carbonyl (C=O) groups is 2. The van der Waals surface area contributed by atoms with Gasteiger partial charge in [-0.15, -0.1) is 11.3 Å². The van der Waals surface area contributed by atoms with Crippen LogP contribution in [0.2, 0.25) is 0 Å². The molecule has 0 radical (unpaired) electrons. The van der Waals surface area contributed by atoms with E-state index in [4.69, 9.17) is 23.9 Å². The number of carbonyl (C=O) groups excluding carboxylic acids is 2. The number of benzene rings is 7. The molecule has 1 aliphatic rings. The van der Waals surface area contributed by atoms with Crippen molar-refractivity contribution in [1.82, 2.24) is 4.98 Å². The van der Waals surface area contributed by atoms with Gasteiger partial charge >= 0.3 is 11.9 Å². The molecule has 0 spiro atoms. The molecule has 8 aromatic rings. The van der Waals surface area contributed by atoms with Crippen molar-refractivity contribution in [2.75, 3.05) is 26.4 Å². The molecule has 1 aromatic heterocycles. The predicted molar refractivity (Wildman–Crippen MR) is 231 cm³/mol. The molecule has 1 unspecified atom stereocenters. The van der Waals surface area contributed by atoms with E-state index < -0.39 is 17.4 Å². The van der Waals surface area contributed by atoms with Crippen LogP contribution in [0.5, 0.6) is 11.5 Å². The SMILES string of the molecule is C=CC(=O)OCCOc1ccc2c(c1)-c1cc3ccccc3cc1C2(c1ccc(-c2nc3ccccc3s2)cc1)c1ccc2cc(OCCOC(=O)C=C)ccc2c1. The minimum absolute atomic E-state index is 0.112. The summed E-state index contributed by atoms with van der Waals surface area (Å²) in [6.45, 7) is 7.59. The monoisotopic (exact) mass is 779 g/mol. The van der Waals surface area contributed by atoms with Crippen LogP contribution in [0, 0.1) is 0 Å². The van der Waals surface area contributed by atoms with Gasteiger partial charge < -0.3 is 18.9 Å². The Morgan fingerprint density at radius 3 is 1.88 bits per heavy atom. The zero-order valence-electron chi connectivity index (χ0n) is 31.5. The molecule has 0 bridgehead atoms. The van der Waals surface area contributed by atoms with Crippen LogP contribution >= 0.6 is 11.3 Å². The van der Waals surface area contributed by atoms with Gasteiger partial charge in [-0.25, -0.2) is 14.6 Å². The predicted octanol–water partition coefficient (Wildman–Crippen LogP) is 10.8. The fourth-order valence-corrected chi connectivity index (χ4v) is 8.97. The van der Waals surface area contributed by atoms with E-state index in [1.807, 2.05) is 30.3 Å². The first kappa shape index (κ1) is 36.6. The molecule has 284 valence electrons. The zero-order chi connectivity index (χ0) is 39.6. The van der Waals surface area contributed by atoms with Gasteiger partial charge in [0, 0.05) is 17.7 Å². The molecule has 58 heavy (non-hydrogen) atoms. The lowest BCUT2D eigenvalue weighted by Crippen LogP contribution is -2.28. The quantitative estimate of drug-likeness (QED) is 0.0654. The van der Waals surface area contributed by atoms with Crippen LogP contribution in [-0.2, 0) is 24.5 Å². The van der Waals surface area contributed by atoms with Gasteiger partial charge in [0.2, 0.25) is 0 Å². The number of hydrogen-bond acceptors (Lipinski definition) is 8. The van der Waals surface area contributed by atoms with E-state index in [9.17, 15) is 9.59 Å². The van der Waals surface area contributed by atoms with Gasteiger partial charge in [-0.2, -0.15) is 0 Å². The van der Waals surface area contributed by atoms with Crippen LogP contribution < -0.4 is 9.47 Å². The summed E-state index contributed by atoms with van der Waals surface area (Å²) in [6.07, 6.45) is 2.29. The van der Waals surface area contributed by atoms with E-state index in [1.54, 1.807) is 11.3 Å². The highest BCUT2D eigenvalue weighted by Crippen LogP contribution is 2.58. The summed E-state index contributed by atoms with van der Waals surface area (Å²) in [6, 6.07) is 49.1. The van der Waals surface area contributed by atoms with Gasteiger partial charge in [0.05, 0.1) is 15.6 Å². The van der Waals surface area contributed by atoms with Gasteiger partial charge in [-0.1, -0.05) is 98.1 Å². The summed E-state index contributed by atoms with van der Waals surface area (Å²) < 4.78 is 23.5. The van der Waals surface area contributed by atoms with Crippen LogP contribution in [0.4, 0.5) is 0 Å². The molecule has 1 atom stereocenters. The van der Waals surface area contributed by atoms with Crippen molar-refractivity contribution in [3.8, 4) is 33.2 Å². The van der Waals surface area contributed by atoms with Crippen LogP contribution in [0.15, 0.2) is 165 Å². The molecule has 0 saturated carbocycles. The molecule has 9 rings (SSSR count). The van der Waals surface area contributed by atoms with Crippen molar-refractivity contribution in [3.63, 3.8) is 0 Å². The van der Waals surface area contributed by atoms with Crippen molar-refractivity contribution >= 4 is 55.0 Å². The normalized spacial score (nSPS) is 14.1. The lowest BCUT2D eigenvalue weighted by molar-refractivity contribution is -0.139. The number of fused-ring (bicyclic) bond motifs is 6. The topological polar surface area (TPSA) is 84.0 Å². The number of para-hydroxylation sites is 1. The maximum atomic E-state index is 11.7. The average molecular weight is 780 g/mol. The Labute approximate surface area is 339 Å². The molecular weight excluding hydrogens is 743 g/mol. The Hall–Kier alpha value is -7.03. The third kappa shape index (κ3) is 6.67. The number of rotatable bonds is 13. The zero-order valence-corrected chi connectivity index (χ0v) is 32.3. The molecule has 1 heterocycles. The van der Waals surface area contributed by atoms with Crippen molar-refractivity contribution in [3.05, 3.63) is 187 Å². The minimum atomic E-state index is -0.711. The molecule has 0 saturated heterocycles. The second-order valence-electron chi connectivity index (χ2n) is 13.9. The first-order valence-corrected chi connectivity index (χ1v) is 19.8. The number of nitrogens with zero attached hydrogens (tertiary/aromatic N) is 1. The van der Waals surface area contributed by atoms with Crippen molar-refractivity contribution in [2.24, 2.45) is 0 Å². The number of esters is 2. The van der Waals surface area contributed by atoms with Gasteiger partial charge in [0.25, 0.3) is 0 Å². The van der Waals surface area contributed by atoms with Gasteiger partial charge in [0.15, 0.2) is 0 Å². The van der Waals surface area contributed by atoms with E-state index in [0.29, 0.717) is 11.5 Å². The van der Waals surface area contributed by atoms with Crippen molar-refractivity contribution in [1.29, 1.82) is 0 Å². The number of hydrogen-bond donors (Lipinski definition) is 0. The maximum absolute atomic E-state index is 11.7. The first-order valence-electron chi connectivity index (χ1n) is 19.0. The first-order chi connectivity index (χ1) is 28.4. The largest absolute Gasteiger partial charge is 0.490 e. The number of ether oxygens (including phenoxy) is 4. The molecule has 0 aliphatic heterocycles. The second kappa shape index (κ2) is 15.5. The van der Waals surface area contributed by atoms with E-state index in [0.717, 1.165) is 82.3 Å². The fraction of sp³-hybridized carbons (Fsp3) is 0.100. The lowest BCUT2D eigenvalue weighted by atomic mass is 9.67. The van der Waals surface area contributed by atoms with Gasteiger partial charge in [-0.3, -0.25) is 0 Å². The third-order valence-corrected chi connectivity index (χ3v) is 11.7. The maximum Gasteiger partial charge on any atom is 0.330 e. The van der Waals surface area contributed by atoms with Crippen LogP contribution in [0.3, 0.4) is 0 Å². The Balaban J connectivity index is 1.19. The molecule has 8 heteroatoms. The second-order valence-corrected chi connectivity index (χ2v) is 15.0. The molecule has 0 amide bonds. The third-order valence-electron chi connectivity index (χ3n) is 10.6. The highest BCUT2D eigenvalue weighted by atomic mass is 32.1. The summed E-state index contributed by atoms with van der Waals surface area (Å²) in [7, 11) is 0. The van der Waals surface area contributed by atoms with Gasteiger partial charge in [0.1, 0.15) is 42.9 Å². The molecule has 7 nitrogen and oxygen atoms in total. The van der Waals surface area contributed by atoms with E-state index >= 15 is 0 Å². The van der Waals surface area contributed by atoms with Crippen LogP contribution in [0.25, 0.3) is 53.5 Å². The van der Waals surface area contributed by atoms with E-state index in [-0.39, 0.29) is 26.4 Å². The van der Waals surface area contributed by atoms with Crippen molar-refractivity contribution < 1.29 is 28.5 Å². The summed E-state index contributed by atoms with van der Waals surface area (Å²) in [5, 5.41) is 5.33. The smallest absolute Gasteiger partial charge is 0.330 e. The minimum Gasteiger partial charge on any atom is -0.490 e. The molecule has 0 fully saturated rings. The van der Waals surface area contributed by atoms with E-state index in [1.165, 1.54) is 5.56 Å². The summed E-state index contributed by atoms with van der Waals surface area (Å²) >= 11 is 1.69. The Morgan fingerprint density at radius 2 is 1.16 bits per heavy atom.